The number of benzene rings is 1. The lowest BCUT2D eigenvalue weighted by atomic mass is 10.1. The fourth-order valence-electron chi connectivity index (χ4n) is 1.90. The van der Waals surface area contributed by atoms with Crippen LogP contribution >= 0.6 is 11.3 Å². The molecule has 2 rings (SSSR count). The molecule has 1 aromatic heterocycles. The molecule has 0 radical (unpaired) electrons. The minimum absolute atomic E-state index is 0.0256. The van der Waals surface area contributed by atoms with Crippen LogP contribution in [0.25, 0.3) is 10.2 Å². The highest BCUT2D eigenvalue weighted by Crippen LogP contribution is 2.28. The molecule has 1 atom stereocenters. The Morgan fingerprint density at radius 2 is 2.24 bits per heavy atom. The number of rotatable bonds is 5. The molecule has 2 amide bonds. The van der Waals surface area contributed by atoms with Gasteiger partial charge in [-0.3, -0.25) is 5.32 Å². The van der Waals surface area contributed by atoms with Gasteiger partial charge in [0.05, 0.1) is 10.8 Å². The quantitative estimate of drug-likeness (QED) is 0.613. The van der Waals surface area contributed by atoms with Crippen LogP contribution in [0.3, 0.4) is 0 Å². The minimum atomic E-state index is -0.765. The molecule has 0 aliphatic heterocycles. The number of hydrogen-bond acceptors (Lipinski definition) is 4. The van der Waals surface area contributed by atoms with Gasteiger partial charge in [-0.15, -0.1) is 0 Å². The van der Waals surface area contributed by atoms with Crippen LogP contribution in [0.1, 0.15) is 13.8 Å². The molecule has 2 aromatic rings. The summed E-state index contributed by atoms with van der Waals surface area (Å²) >= 11 is 0.992. The normalized spacial score (nSPS) is 13.0. The number of nitriles is 1. The van der Waals surface area contributed by atoms with Gasteiger partial charge in [0, 0.05) is 18.2 Å². The number of thiazole rings is 1. The van der Waals surface area contributed by atoms with E-state index in [1.54, 1.807) is 19.1 Å². The van der Waals surface area contributed by atoms with Crippen LogP contribution in [0.5, 0.6) is 0 Å². The average molecular weight is 362 g/mol. The highest BCUT2D eigenvalue weighted by molar-refractivity contribution is 7.22. The summed E-state index contributed by atoms with van der Waals surface area (Å²) in [7, 11) is 0. The molecule has 0 bridgehead atoms. The maximum absolute atomic E-state index is 13.6. The third-order valence-corrected chi connectivity index (χ3v) is 4.10. The minimum Gasteiger partial charge on any atom is -0.337 e. The van der Waals surface area contributed by atoms with E-state index >= 15 is 0 Å². The third-order valence-electron chi connectivity index (χ3n) is 3.18. The molecule has 130 valence electrons. The summed E-state index contributed by atoms with van der Waals surface area (Å²) in [5.41, 5.74) is 0.617. The smallest absolute Gasteiger partial charge is 0.321 e. The van der Waals surface area contributed by atoms with Crippen LogP contribution in [0.4, 0.5) is 18.7 Å². The lowest BCUT2D eigenvalue weighted by Crippen LogP contribution is -2.31. The molecular formula is C17H16F2N4OS. The number of nitrogens with zero attached hydrogens (tertiary/aromatic N) is 2. The van der Waals surface area contributed by atoms with E-state index in [0.717, 1.165) is 17.4 Å². The lowest BCUT2D eigenvalue weighted by Gasteiger charge is -2.08. The summed E-state index contributed by atoms with van der Waals surface area (Å²) in [5.74, 6) is -1.40. The second kappa shape index (κ2) is 8.35. The molecule has 5 nitrogen and oxygen atoms in total. The number of fused-ring (bicyclic) bond motifs is 1. The molecule has 0 aliphatic rings. The highest BCUT2D eigenvalue weighted by atomic mass is 32.1. The number of nitrogens with one attached hydrogen (secondary N) is 2. The predicted molar refractivity (Wildman–Crippen MR) is 94.2 cm³/mol. The fraction of sp³-hybridized carbons (Fsp3) is 0.235. The van der Waals surface area contributed by atoms with E-state index < -0.39 is 17.7 Å². The van der Waals surface area contributed by atoms with Crippen LogP contribution < -0.4 is 10.6 Å². The van der Waals surface area contributed by atoms with Crippen molar-refractivity contribution in [2.75, 3.05) is 11.9 Å². The maximum atomic E-state index is 13.6. The van der Waals surface area contributed by atoms with Gasteiger partial charge in [-0.2, -0.15) is 5.26 Å². The first kappa shape index (κ1) is 18.5. The molecule has 25 heavy (non-hydrogen) atoms. The molecule has 1 aromatic carbocycles. The van der Waals surface area contributed by atoms with Gasteiger partial charge in [0.15, 0.2) is 10.9 Å². The van der Waals surface area contributed by atoms with Gasteiger partial charge < -0.3 is 5.32 Å². The monoisotopic (exact) mass is 362 g/mol. The van der Waals surface area contributed by atoms with Gasteiger partial charge >= 0.3 is 6.03 Å². The Labute approximate surface area is 147 Å². The van der Waals surface area contributed by atoms with Gasteiger partial charge in [0.25, 0.3) is 0 Å². The molecule has 0 fully saturated rings. The van der Waals surface area contributed by atoms with Gasteiger partial charge in [0.2, 0.25) is 0 Å². The first-order valence-electron chi connectivity index (χ1n) is 7.44. The van der Waals surface area contributed by atoms with Crippen molar-refractivity contribution in [2.45, 2.75) is 13.8 Å². The number of halogens is 2. The van der Waals surface area contributed by atoms with Crippen LogP contribution in [-0.4, -0.2) is 17.6 Å². The van der Waals surface area contributed by atoms with Crippen molar-refractivity contribution >= 4 is 32.7 Å². The number of carbonyl (C=O) groups is 1. The van der Waals surface area contributed by atoms with Crippen molar-refractivity contribution in [3.63, 3.8) is 0 Å². The predicted octanol–water partition coefficient (Wildman–Crippen LogP) is 4.36. The number of aromatic nitrogens is 1. The fourth-order valence-corrected chi connectivity index (χ4v) is 2.80. The number of amides is 2. The standard InChI is InChI=1S/C17H16F2N4OS/c1-10(8-20)4-3-5-11(2)9-21-16(24)23-17-22-15-13(19)6-12(18)7-14(15)25-17/h3-7,11H,9H2,1-2H3,(H2,21,22,23,24)/b5-3-,10-4+. The van der Waals surface area contributed by atoms with Crippen LogP contribution in [-0.2, 0) is 0 Å². The summed E-state index contributed by atoms with van der Waals surface area (Å²) in [4.78, 5) is 15.8. The third kappa shape index (κ3) is 5.36. The van der Waals surface area contributed by atoms with Crippen molar-refractivity contribution in [3.8, 4) is 6.07 Å². The topological polar surface area (TPSA) is 77.8 Å². The average Bonchev–Trinajstić information content (AvgIpc) is 2.95. The second-order valence-corrected chi connectivity index (χ2v) is 6.44. The Hall–Kier alpha value is -2.79. The first-order chi connectivity index (χ1) is 11.9. The molecule has 0 aliphatic carbocycles. The van der Waals surface area contributed by atoms with E-state index in [9.17, 15) is 13.6 Å². The van der Waals surface area contributed by atoms with Crippen molar-refractivity contribution in [2.24, 2.45) is 5.92 Å². The molecule has 0 saturated carbocycles. The summed E-state index contributed by atoms with van der Waals surface area (Å²) < 4.78 is 27.1. The summed E-state index contributed by atoms with van der Waals surface area (Å²) in [6, 6.07) is 3.45. The molecule has 8 heteroatoms. The lowest BCUT2D eigenvalue weighted by molar-refractivity contribution is 0.251. The van der Waals surface area contributed by atoms with Crippen molar-refractivity contribution < 1.29 is 13.6 Å². The summed E-state index contributed by atoms with van der Waals surface area (Å²) in [6.07, 6.45) is 5.30. The summed E-state index contributed by atoms with van der Waals surface area (Å²) in [5, 5.41) is 14.0. The zero-order valence-electron chi connectivity index (χ0n) is 13.6. The Balaban J connectivity index is 1.90. The molecular weight excluding hydrogens is 346 g/mol. The van der Waals surface area contributed by atoms with E-state index in [2.05, 4.69) is 15.6 Å². The Kier molecular flexibility index (Phi) is 6.19. The highest BCUT2D eigenvalue weighted by Gasteiger charge is 2.12. The Bertz CT molecular complexity index is 883. The van der Waals surface area contributed by atoms with Crippen LogP contribution in [0.2, 0.25) is 0 Å². The number of hydrogen-bond donors (Lipinski definition) is 2. The van der Waals surface area contributed by atoms with Gasteiger partial charge in [0.1, 0.15) is 11.3 Å². The maximum Gasteiger partial charge on any atom is 0.321 e. The van der Waals surface area contributed by atoms with E-state index in [0.29, 0.717) is 16.8 Å². The molecule has 2 N–H and O–H groups in total. The van der Waals surface area contributed by atoms with Crippen LogP contribution in [0.15, 0.2) is 35.9 Å². The van der Waals surface area contributed by atoms with Crippen LogP contribution in [0, 0.1) is 28.9 Å². The molecule has 0 saturated heterocycles. The Morgan fingerprint density at radius 3 is 2.96 bits per heavy atom. The molecule has 0 spiro atoms. The first-order valence-corrected chi connectivity index (χ1v) is 8.26. The second-order valence-electron chi connectivity index (χ2n) is 5.41. The number of carbonyl (C=O) groups excluding carboxylic acids is 1. The Morgan fingerprint density at radius 1 is 1.48 bits per heavy atom. The summed E-state index contributed by atoms with van der Waals surface area (Å²) in [6.45, 7) is 3.98. The number of urea groups is 1. The largest absolute Gasteiger partial charge is 0.337 e. The van der Waals surface area contributed by atoms with E-state index in [4.69, 9.17) is 5.26 Å². The van der Waals surface area contributed by atoms with Crippen molar-refractivity contribution in [3.05, 3.63) is 47.6 Å². The van der Waals surface area contributed by atoms with E-state index in [-0.39, 0.29) is 16.6 Å². The van der Waals surface area contributed by atoms with Gasteiger partial charge in [-0.05, 0) is 25.0 Å². The van der Waals surface area contributed by atoms with Crippen molar-refractivity contribution in [1.29, 1.82) is 5.26 Å². The van der Waals surface area contributed by atoms with E-state index in [1.165, 1.54) is 6.07 Å². The van der Waals surface area contributed by atoms with Gasteiger partial charge in [-0.1, -0.05) is 30.4 Å². The zero-order chi connectivity index (χ0) is 18.4. The van der Waals surface area contributed by atoms with Gasteiger partial charge in [-0.25, -0.2) is 18.6 Å². The number of anilines is 1. The van der Waals surface area contributed by atoms with Crippen molar-refractivity contribution in [1.82, 2.24) is 10.3 Å². The SMILES string of the molecule is C/C(C#N)=C\C=C/C(C)CNC(=O)Nc1nc2c(F)cc(F)cc2s1. The van der Waals surface area contributed by atoms with E-state index in [1.807, 2.05) is 19.1 Å². The zero-order valence-corrected chi connectivity index (χ0v) is 14.5. The molecule has 1 unspecified atom stereocenters. The molecule has 1 heterocycles. The number of allylic oxidation sites excluding steroid dienone is 3.